The molecule has 0 amide bonds. The van der Waals surface area contributed by atoms with Crippen LogP contribution in [0.2, 0.25) is 5.32 Å². The van der Waals surface area contributed by atoms with Gasteiger partial charge in [-0.1, -0.05) is 0 Å². The number of hydrogen-bond donors (Lipinski definition) is 0. The number of hydrogen-bond acceptors (Lipinski definition) is 2. The second-order valence-corrected chi connectivity index (χ2v) is 6.10. The molecule has 0 bridgehead atoms. The fourth-order valence-corrected chi connectivity index (χ4v) is 3.21. The summed E-state index contributed by atoms with van der Waals surface area (Å²) in [4.78, 5) is 0. The van der Waals surface area contributed by atoms with Gasteiger partial charge in [-0.3, -0.25) is 0 Å². The molecular formula is C14H16O2Se. The molecule has 17 heavy (non-hydrogen) atoms. The standard InChI is InChI=1S/C14H16O2Se/c1-2-7-14(8-3-1)17-11-5-9-15-12-13-6-4-10-16-13/h1-4,6-8,10H,5,9,11-12H2. The van der Waals surface area contributed by atoms with Gasteiger partial charge in [0, 0.05) is 0 Å². The number of rotatable bonds is 7. The summed E-state index contributed by atoms with van der Waals surface area (Å²) < 4.78 is 12.2. The van der Waals surface area contributed by atoms with Gasteiger partial charge >= 0.3 is 108 Å². The molecule has 90 valence electrons. The number of ether oxygens (including phenoxy) is 1. The average Bonchev–Trinajstić information content (AvgIpc) is 2.88. The summed E-state index contributed by atoms with van der Waals surface area (Å²) in [7, 11) is 0. The molecule has 1 aromatic heterocycles. The molecule has 1 heterocycles. The van der Waals surface area contributed by atoms with E-state index >= 15 is 0 Å². The van der Waals surface area contributed by atoms with E-state index in [1.165, 1.54) is 9.78 Å². The van der Waals surface area contributed by atoms with Crippen molar-refractivity contribution in [2.45, 2.75) is 18.3 Å². The molecule has 0 saturated heterocycles. The van der Waals surface area contributed by atoms with Gasteiger partial charge in [0.2, 0.25) is 0 Å². The van der Waals surface area contributed by atoms with E-state index in [0.717, 1.165) is 18.8 Å². The van der Waals surface area contributed by atoms with Gasteiger partial charge in [-0.25, -0.2) is 0 Å². The normalized spacial score (nSPS) is 10.6. The number of furan rings is 1. The van der Waals surface area contributed by atoms with E-state index < -0.39 is 0 Å². The average molecular weight is 295 g/mol. The van der Waals surface area contributed by atoms with Crippen molar-refractivity contribution in [1.82, 2.24) is 0 Å². The SMILES string of the molecule is c1ccc([Se]CCCOCc2ccco2)cc1. The quantitative estimate of drug-likeness (QED) is 0.579. The van der Waals surface area contributed by atoms with Crippen LogP contribution in [0.25, 0.3) is 0 Å². The number of benzene rings is 1. The Balaban J connectivity index is 1.52. The Hall–Kier alpha value is -1.02. The summed E-state index contributed by atoms with van der Waals surface area (Å²) in [6, 6.07) is 14.5. The zero-order chi connectivity index (χ0) is 11.8. The minimum absolute atomic E-state index is 0.579. The molecule has 0 radical (unpaired) electrons. The molecule has 0 aliphatic heterocycles. The minimum atomic E-state index is 0.579. The van der Waals surface area contributed by atoms with E-state index in [9.17, 15) is 0 Å². The molecular weight excluding hydrogens is 279 g/mol. The fourth-order valence-electron chi connectivity index (χ4n) is 1.44. The van der Waals surface area contributed by atoms with Crippen LogP contribution >= 0.6 is 0 Å². The zero-order valence-electron chi connectivity index (χ0n) is 9.67. The first-order chi connectivity index (χ1) is 8.45. The van der Waals surface area contributed by atoms with Gasteiger partial charge < -0.3 is 0 Å². The molecule has 0 aliphatic rings. The van der Waals surface area contributed by atoms with Crippen LogP contribution in [-0.4, -0.2) is 21.6 Å². The van der Waals surface area contributed by atoms with Gasteiger partial charge in [0.05, 0.1) is 0 Å². The Morgan fingerprint density at radius 3 is 2.71 bits per heavy atom. The monoisotopic (exact) mass is 296 g/mol. The molecule has 0 unspecified atom stereocenters. The van der Waals surface area contributed by atoms with E-state index in [0.29, 0.717) is 21.6 Å². The molecule has 2 rings (SSSR count). The van der Waals surface area contributed by atoms with Gasteiger partial charge in [-0.2, -0.15) is 0 Å². The van der Waals surface area contributed by atoms with E-state index in [1.807, 2.05) is 12.1 Å². The summed E-state index contributed by atoms with van der Waals surface area (Å²) in [5.41, 5.74) is 0. The summed E-state index contributed by atoms with van der Waals surface area (Å²) in [5, 5.41) is 1.23. The van der Waals surface area contributed by atoms with Gasteiger partial charge in [0.25, 0.3) is 0 Å². The van der Waals surface area contributed by atoms with Gasteiger partial charge in [0.1, 0.15) is 0 Å². The molecule has 0 fully saturated rings. The van der Waals surface area contributed by atoms with Gasteiger partial charge in [0.15, 0.2) is 0 Å². The first-order valence-corrected chi connectivity index (χ1v) is 7.80. The van der Waals surface area contributed by atoms with Crippen LogP contribution in [0.1, 0.15) is 12.2 Å². The van der Waals surface area contributed by atoms with Crippen molar-refractivity contribution >= 4 is 19.4 Å². The van der Waals surface area contributed by atoms with Crippen molar-refractivity contribution in [3.8, 4) is 0 Å². The summed E-state index contributed by atoms with van der Waals surface area (Å²) in [5.74, 6) is 0.901. The molecule has 0 spiro atoms. The molecule has 0 N–H and O–H groups in total. The van der Waals surface area contributed by atoms with Gasteiger partial charge in [-0.15, -0.1) is 0 Å². The van der Waals surface area contributed by atoms with Crippen molar-refractivity contribution in [1.29, 1.82) is 0 Å². The van der Waals surface area contributed by atoms with Crippen molar-refractivity contribution in [2.24, 2.45) is 0 Å². The third kappa shape index (κ3) is 4.78. The van der Waals surface area contributed by atoms with Crippen LogP contribution < -0.4 is 4.46 Å². The van der Waals surface area contributed by atoms with Crippen LogP contribution in [0.3, 0.4) is 0 Å². The maximum absolute atomic E-state index is 5.53. The zero-order valence-corrected chi connectivity index (χ0v) is 11.4. The third-order valence-corrected chi connectivity index (χ3v) is 4.57. The molecule has 2 nitrogen and oxygen atoms in total. The molecule has 0 saturated carbocycles. The van der Waals surface area contributed by atoms with Crippen molar-refractivity contribution < 1.29 is 9.15 Å². The fraction of sp³-hybridized carbons (Fsp3) is 0.286. The first kappa shape index (κ1) is 12.4. The second-order valence-electron chi connectivity index (χ2n) is 3.65. The molecule has 0 atom stereocenters. The second kappa shape index (κ2) is 7.33. The third-order valence-electron chi connectivity index (χ3n) is 2.27. The molecule has 3 heteroatoms. The van der Waals surface area contributed by atoms with Crippen LogP contribution in [0, 0.1) is 0 Å². The summed E-state index contributed by atoms with van der Waals surface area (Å²) >= 11 is 0.579. The predicted molar refractivity (Wildman–Crippen MR) is 69.6 cm³/mol. The van der Waals surface area contributed by atoms with E-state index in [-0.39, 0.29) is 0 Å². The van der Waals surface area contributed by atoms with Crippen LogP contribution in [0.4, 0.5) is 0 Å². The van der Waals surface area contributed by atoms with Crippen LogP contribution in [0.5, 0.6) is 0 Å². The molecule has 2 aromatic rings. The van der Waals surface area contributed by atoms with Crippen LogP contribution in [-0.2, 0) is 11.3 Å². The Labute approximate surface area is 108 Å². The first-order valence-electron chi connectivity index (χ1n) is 5.73. The van der Waals surface area contributed by atoms with Crippen LogP contribution in [0.15, 0.2) is 53.1 Å². The predicted octanol–water partition coefficient (Wildman–Crippen LogP) is 2.63. The molecule has 0 aliphatic carbocycles. The summed E-state index contributed by atoms with van der Waals surface area (Å²) in [6.07, 6.45) is 2.80. The Bertz CT molecular complexity index is 397. The van der Waals surface area contributed by atoms with E-state index in [4.69, 9.17) is 9.15 Å². The van der Waals surface area contributed by atoms with Crippen molar-refractivity contribution in [3.05, 3.63) is 54.5 Å². The van der Waals surface area contributed by atoms with E-state index in [1.54, 1.807) is 6.26 Å². The summed E-state index contributed by atoms with van der Waals surface area (Å²) in [6.45, 7) is 1.40. The van der Waals surface area contributed by atoms with E-state index in [2.05, 4.69) is 30.3 Å². The van der Waals surface area contributed by atoms with Gasteiger partial charge in [-0.05, 0) is 0 Å². The maximum atomic E-state index is 5.53. The van der Waals surface area contributed by atoms with Crippen molar-refractivity contribution in [3.63, 3.8) is 0 Å². The topological polar surface area (TPSA) is 22.4 Å². The Kier molecular flexibility index (Phi) is 5.36. The van der Waals surface area contributed by atoms with Crippen molar-refractivity contribution in [2.75, 3.05) is 6.61 Å². The Morgan fingerprint density at radius 2 is 1.94 bits per heavy atom. The molecule has 1 aromatic carbocycles. The Morgan fingerprint density at radius 1 is 1.06 bits per heavy atom.